The van der Waals surface area contributed by atoms with Crippen LogP contribution in [0.25, 0.3) is 0 Å². The molecule has 0 aliphatic rings. The first-order valence-electron chi connectivity index (χ1n) is 8.54. The summed E-state index contributed by atoms with van der Waals surface area (Å²) in [6, 6.07) is 8.75. The van der Waals surface area contributed by atoms with Crippen molar-refractivity contribution in [1.29, 1.82) is 0 Å². The van der Waals surface area contributed by atoms with Crippen LogP contribution in [-0.4, -0.2) is 65.2 Å². The molecule has 0 spiro atoms. The first-order chi connectivity index (χ1) is 12.0. The summed E-state index contributed by atoms with van der Waals surface area (Å²) in [6.07, 6.45) is 0. The van der Waals surface area contributed by atoms with Gasteiger partial charge in [-0.05, 0) is 11.5 Å². The molecule has 0 saturated carbocycles. The third-order valence-electron chi connectivity index (χ3n) is 4.43. The highest BCUT2D eigenvalue weighted by molar-refractivity contribution is 7.87. The van der Waals surface area contributed by atoms with Crippen molar-refractivity contribution >= 4 is 20.4 Å². The maximum Gasteiger partial charge on any atom is 0.279 e. The molecule has 0 radical (unpaired) electrons. The van der Waals surface area contributed by atoms with Crippen LogP contribution in [0.5, 0.6) is 0 Å². The molecule has 0 aliphatic carbocycles. The van der Waals surface area contributed by atoms with Gasteiger partial charge in [0.25, 0.3) is 20.4 Å². The summed E-state index contributed by atoms with van der Waals surface area (Å²) in [5, 5.41) is 0. The van der Waals surface area contributed by atoms with Crippen molar-refractivity contribution in [2.75, 3.05) is 33.7 Å². The van der Waals surface area contributed by atoms with Crippen molar-refractivity contribution in [2.24, 2.45) is 0 Å². The first kappa shape index (κ1) is 23.0. The van der Waals surface area contributed by atoms with Gasteiger partial charge in [0.1, 0.15) is 0 Å². The minimum Gasteiger partial charge on any atom is -0.201 e. The van der Waals surface area contributed by atoms with E-state index >= 15 is 0 Å². The van der Waals surface area contributed by atoms with Gasteiger partial charge in [0.15, 0.2) is 0 Å². The molecular weight excluding hydrogens is 376 g/mol. The van der Waals surface area contributed by atoms with Gasteiger partial charge >= 0.3 is 0 Å². The standard InChI is InChI=1S/C16H30N4O4S2/c1-6-19(4)25(21,22)17-13-16(18-26(23,24)20(5)7-2)14(3)15-11-9-8-10-12-15/h8-12,14,16-18H,6-7,13H2,1-5H3/t14-,16+/m0/s1. The predicted octanol–water partition coefficient (Wildman–Crippen LogP) is 0.731. The Bertz CT molecular complexity index is 754. The van der Waals surface area contributed by atoms with Gasteiger partial charge < -0.3 is 0 Å². The third kappa shape index (κ3) is 6.29. The van der Waals surface area contributed by atoms with E-state index < -0.39 is 26.5 Å². The van der Waals surface area contributed by atoms with Crippen LogP contribution in [0.2, 0.25) is 0 Å². The van der Waals surface area contributed by atoms with Crippen LogP contribution < -0.4 is 9.44 Å². The lowest BCUT2D eigenvalue weighted by Gasteiger charge is -2.28. The fourth-order valence-electron chi connectivity index (χ4n) is 2.24. The van der Waals surface area contributed by atoms with E-state index in [1.54, 1.807) is 13.8 Å². The quantitative estimate of drug-likeness (QED) is 0.566. The highest BCUT2D eigenvalue weighted by Crippen LogP contribution is 2.20. The third-order valence-corrected chi connectivity index (χ3v) is 7.72. The zero-order valence-corrected chi connectivity index (χ0v) is 17.6. The summed E-state index contributed by atoms with van der Waals surface area (Å²) >= 11 is 0. The molecule has 0 unspecified atom stereocenters. The Morgan fingerprint density at radius 3 is 1.92 bits per heavy atom. The van der Waals surface area contributed by atoms with Crippen molar-refractivity contribution in [3.05, 3.63) is 35.9 Å². The van der Waals surface area contributed by atoms with Crippen LogP contribution in [0.3, 0.4) is 0 Å². The van der Waals surface area contributed by atoms with Crippen LogP contribution >= 0.6 is 0 Å². The van der Waals surface area contributed by atoms with Crippen LogP contribution in [0.1, 0.15) is 32.3 Å². The zero-order valence-electron chi connectivity index (χ0n) is 16.0. The second kappa shape index (κ2) is 9.77. The summed E-state index contributed by atoms with van der Waals surface area (Å²) in [4.78, 5) is 0. The van der Waals surface area contributed by atoms with E-state index in [2.05, 4.69) is 9.44 Å². The fraction of sp³-hybridized carbons (Fsp3) is 0.625. The molecule has 0 aromatic heterocycles. The molecule has 0 amide bonds. The average Bonchev–Trinajstić information content (AvgIpc) is 2.63. The molecule has 2 atom stereocenters. The van der Waals surface area contributed by atoms with E-state index in [0.29, 0.717) is 13.1 Å². The lowest BCUT2D eigenvalue weighted by Crippen LogP contribution is -2.51. The molecule has 0 aliphatic heterocycles. The minimum absolute atomic E-state index is 0.0560. The van der Waals surface area contributed by atoms with Crippen molar-refractivity contribution in [3.8, 4) is 0 Å². The largest absolute Gasteiger partial charge is 0.279 e. The molecule has 2 N–H and O–H groups in total. The molecular formula is C16H30N4O4S2. The summed E-state index contributed by atoms with van der Waals surface area (Å²) < 4.78 is 56.8. The predicted molar refractivity (Wildman–Crippen MR) is 104 cm³/mol. The Labute approximate surface area is 157 Å². The average molecular weight is 407 g/mol. The first-order valence-corrected chi connectivity index (χ1v) is 11.4. The topological polar surface area (TPSA) is 98.8 Å². The fourth-order valence-corrected chi connectivity index (χ4v) is 4.38. The van der Waals surface area contributed by atoms with Crippen LogP contribution in [0.15, 0.2) is 30.3 Å². The molecule has 1 rings (SSSR count). The van der Waals surface area contributed by atoms with Crippen LogP contribution in [0.4, 0.5) is 0 Å². The van der Waals surface area contributed by atoms with E-state index in [1.165, 1.54) is 22.7 Å². The van der Waals surface area contributed by atoms with E-state index in [4.69, 9.17) is 0 Å². The summed E-state index contributed by atoms with van der Waals surface area (Å²) in [6.45, 7) is 5.90. The second-order valence-electron chi connectivity index (χ2n) is 6.11. The van der Waals surface area contributed by atoms with E-state index in [9.17, 15) is 16.8 Å². The van der Waals surface area contributed by atoms with E-state index in [1.807, 2.05) is 37.3 Å². The highest BCUT2D eigenvalue weighted by Gasteiger charge is 2.28. The number of nitrogens with one attached hydrogen (secondary N) is 2. The van der Waals surface area contributed by atoms with Crippen molar-refractivity contribution < 1.29 is 16.8 Å². The Balaban J connectivity index is 3.06. The van der Waals surface area contributed by atoms with Gasteiger partial charge in [-0.3, -0.25) is 0 Å². The molecule has 0 fully saturated rings. The Morgan fingerprint density at radius 1 is 0.923 bits per heavy atom. The smallest absolute Gasteiger partial charge is 0.201 e. The molecule has 150 valence electrons. The maximum atomic E-state index is 12.4. The maximum absolute atomic E-state index is 12.4. The van der Waals surface area contributed by atoms with Gasteiger partial charge in [-0.25, -0.2) is 4.72 Å². The number of nitrogens with zero attached hydrogens (tertiary/aromatic N) is 2. The van der Waals surface area contributed by atoms with Crippen LogP contribution in [-0.2, 0) is 20.4 Å². The zero-order chi connectivity index (χ0) is 20.0. The van der Waals surface area contributed by atoms with Gasteiger partial charge in [0.2, 0.25) is 0 Å². The van der Waals surface area contributed by atoms with Gasteiger partial charge in [0, 0.05) is 39.8 Å². The molecule has 0 saturated heterocycles. The number of benzene rings is 1. The van der Waals surface area contributed by atoms with Crippen LogP contribution in [0, 0.1) is 0 Å². The van der Waals surface area contributed by atoms with Gasteiger partial charge in [-0.1, -0.05) is 51.1 Å². The number of rotatable bonds is 11. The van der Waals surface area contributed by atoms with Gasteiger partial charge in [-0.15, -0.1) is 0 Å². The number of hydrogen-bond acceptors (Lipinski definition) is 4. The number of hydrogen-bond donors (Lipinski definition) is 2. The Kier molecular flexibility index (Phi) is 8.64. The lowest BCUT2D eigenvalue weighted by molar-refractivity contribution is 0.430. The molecule has 1 aromatic carbocycles. The normalized spacial score (nSPS) is 15.3. The Hall–Kier alpha value is -1.04. The van der Waals surface area contributed by atoms with Crippen molar-refractivity contribution in [3.63, 3.8) is 0 Å². The van der Waals surface area contributed by atoms with Crippen molar-refractivity contribution in [2.45, 2.75) is 32.7 Å². The van der Waals surface area contributed by atoms with Gasteiger partial charge in [0.05, 0.1) is 0 Å². The summed E-state index contributed by atoms with van der Waals surface area (Å²) in [5.74, 6) is -0.231. The molecule has 10 heteroatoms. The molecule has 1 aromatic rings. The van der Waals surface area contributed by atoms with Gasteiger partial charge in [-0.2, -0.15) is 30.2 Å². The second-order valence-corrected chi connectivity index (χ2v) is 9.78. The highest BCUT2D eigenvalue weighted by atomic mass is 32.2. The Morgan fingerprint density at radius 2 is 1.42 bits per heavy atom. The SMILES string of the molecule is CCN(C)S(=O)(=O)NC[C@@H](NS(=O)(=O)N(C)CC)[C@@H](C)c1ccccc1. The molecule has 8 nitrogen and oxygen atoms in total. The molecule has 0 heterocycles. The molecule has 26 heavy (non-hydrogen) atoms. The van der Waals surface area contributed by atoms with E-state index in [-0.39, 0.29) is 12.5 Å². The molecule has 0 bridgehead atoms. The lowest BCUT2D eigenvalue weighted by atomic mass is 9.94. The minimum atomic E-state index is -3.72. The monoisotopic (exact) mass is 406 g/mol. The summed E-state index contributed by atoms with van der Waals surface area (Å²) in [7, 11) is -4.45. The van der Waals surface area contributed by atoms with Crippen molar-refractivity contribution in [1.82, 2.24) is 18.1 Å². The summed E-state index contributed by atoms with van der Waals surface area (Å²) in [5.41, 5.74) is 0.919. The van der Waals surface area contributed by atoms with E-state index in [0.717, 1.165) is 5.56 Å².